The number of hydrogen-bond acceptors (Lipinski definition) is 4. The molecule has 0 aliphatic rings. The Morgan fingerprint density at radius 1 is 1.00 bits per heavy atom. The summed E-state index contributed by atoms with van der Waals surface area (Å²) in [7, 11) is -4.61. The van der Waals surface area contributed by atoms with Gasteiger partial charge in [-0.2, -0.15) is 0 Å². The van der Waals surface area contributed by atoms with Crippen molar-refractivity contribution in [2.24, 2.45) is 0 Å². The molecule has 7 heavy (non-hydrogen) atoms. The van der Waals surface area contributed by atoms with Crippen LogP contribution in [-0.2, 0) is 16.5 Å². The fraction of sp³-hybridized carbons (Fsp3) is 0. The van der Waals surface area contributed by atoms with E-state index >= 15 is 0 Å². The molecule has 0 saturated carbocycles. The first kappa shape index (κ1) is 15.9. The topological polar surface area (TPSA) is 80.9 Å². The summed E-state index contributed by atoms with van der Waals surface area (Å²) >= 11 is 0. The maximum absolute atomic E-state index is 7.33. The minimum atomic E-state index is -4.61. The standard InChI is InChI=1S/Ca.Ni.H4O4Si.2H/c;;1-5(2,3)4;;/h;;1-4H;;/q+2;;;2*-1. The second-order valence-electron chi connectivity index (χ2n) is 0.600. The van der Waals surface area contributed by atoms with Crippen LogP contribution in [-0.4, -0.2) is 66.0 Å². The van der Waals surface area contributed by atoms with Crippen molar-refractivity contribution in [3.05, 3.63) is 0 Å². The predicted molar refractivity (Wildman–Crippen MR) is 22.6 cm³/mol. The Morgan fingerprint density at radius 2 is 1.00 bits per heavy atom. The molecule has 46 valence electrons. The van der Waals surface area contributed by atoms with Gasteiger partial charge in [-0.25, -0.2) is 0 Å². The molecule has 0 aliphatic heterocycles. The van der Waals surface area contributed by atoms with Gasteiger partial charge in [0.05, 0.1) is 0 Å². The van der Waals surface area contributed by atoms with Gasteiger partial charge in [0.25, 0.3) is 0 Å². The maximum Gasteiger partial charge on any atom is 2.00 e. The molecular formula is H6CaNiO4Si. The SMILES string of the molecule is O[Si](O)(O)O.[Ca+2].[H-].[H-].[Ni]. The summed E-state index contributed by atoms with van der Waals surface area (Å²) < 4.78 is 0. The third kappa shape index (κ3) is 80.5. The molecule has 0 radical (unpaired) electrons. The largest absolute Gasteiger partial charge is 2.00 e. The summed E-state index contributed by atoms with van der Waals surface area (Å²) in [5, 5.41) is 0. The van der Waals surface area contributed by atoms with E-state index < -0.39 is 9.05 Å². The number of hydrogen-bond donors (Lipinski definition) is 4. The van der Waals surface area contributed by atoms with Crippen LogP contribution in [0.15, 0.2) is 0 Å². The van der Waals surface area contributed by atoms with E-state index in [1.807, 2.05) is 0 Å². The van der Waals surface area contributed by atoms with E-state index in [-0.39, 0.29) is 57.1 Å². The molecule has 7 heteroatoms. The summed E-state index contributed by atoms with van der Waals surface area (Å²) in [6.07, 6.45) is 0. The zero-order valence-electron chi connectivity index (χ0n) is 5.31. The van der Waals surface area contributed by atoms with Crippen LogP contribution >= 0.6 is 0 Å². The van der Waals surface area contributed by atoms with Crippen molar-refractivity contribution in [2.45, 2.75) is 0 Å². The van der Waals surface area contributed by atoms with Crippen LogP contribution in [0.25, 0.3) is 0 Å². The van der Waals surface area contributed by atoms with Crippen LogP contribution in [0.5, 0.6) is 0 Å². The summed E-state index contributed by atoms with van der Waals surface area (Å²) in [4.78, 5) is 29.3. The van der Waals surface area contributed by atoms with Gasteiger partial charge in [0, 0.05) is 16.5 Å². The van der Waals surface area contributed by atoms with Crippen molar-refractivity contribution in [1.29, 1.82) is 0 Å². The van der Waals surface area contributed by atoms with E-state index in [1.54, 1.807) is 0 Å². The second kappa shape index (κ2) is 5.94. The molecule has 4 nitrogen and oxygen atoms in total. The van der Waals surface area contributed by atoms with Crippen LogP contribution < -0.4 is 0 Å². The van der Waals surface area contributed by atoms with E-state index in [0.29, 0.717) is 0 Å². The molecule has 0 saturated heterocycles. The Morgan fingerprint density at radius 3 is 1.00 bits per heavy atom. The molecule has 0 heterocycles. The summed E-state index contributed by atoms with van der Waals surface area (Å²) in [6, 6.07) is 0. The molecule has 0 unspecified atom stereocenters. The first-order valence-corrected chi connectivity index (χ1v) is 2.68. The maximum atomic E-state index is 7.33. The van der Waals surface area contributed by atoms with Gasteiger partial charge in [-0.3, -0.25) is 0 Å². The number of rotatable bonds is 0. The molecule has 0 rings (SSSR count). The Balaban J connectivity index is -0.0000000133. The molecule has 0 spiro atoms. The van der Waals surface area contributed by atoms with Crippen molar-refractivity contribution >= 4 is 46.8 Å². The molecule has 0 aromatic rings. The molecule has 0 atom stereocenters. The van der Waals surface area contributed by atoms with E-state index in [0.717, 1.165) is 0 Å². The minimum Gasteiger partial charge on any atom is -1.00 e. The third-order valence-electron chi connectivity index (χ3n) is 0. The van der Waals surface area contributed by atoms with Crippen LogP contribution in [0.3, 0.4) is 0 Å². The first-order valence-electron chi connectivity index (χ1n) is 0.894. The first-order chi connectivity index (χ1) is 2.00. The normalized spacial score (nSPS) is 8.57. The molecule has 0 bridgehead atoms. The Hall–Kier alpha value is 1.81. The van der Waals surface area contributed by atoms with Gasteiger partial charge in [-0.1, -0.05) is 0 Å². The monoisotopic (exact) mass is 196 g/mol. The van der Waals surface area contributed by atoms with Gasteiger partial charge in [0.15, 0.2) is 0 Å². The Bertz CT molecular complexity index is 34.0. The second-order valence-corrected chi connectivity index (χ2v) is 1.80. The fourth-order valence-corrected chi connectivity index (χ4v) is 0. The smallest absolute Gasteiger partial charge is 1.00 e. The van der Waals surface area contributed by atoms with Crippen molar-refractivity contribution in [3.8, 4) is 0 Å². The van der Waals surface area contributed by atoms with Gasteiger partial charge in [0.1, 0.15) is 0 Å². The average Bonchev–Trinajstić information content (AvgIpc) is 0.722. The molecule has 0 aromatic heterocycles. The summed E-state index contributed by atoms with van der Waals surface area (Å²) in [5.41, 5.74) is 0. The van der Waals surface area contributed by atoms with Crippen molar-refractivity contribution in [2.75, 3.05) is 0 Å². The van der Waals surface area contributed by atoms with Gasteiger partial charge < -0.3 is 22.0 Å². The molecule has 0 amide bonds. The molecule has 0 aromatic carbocycles. The Kier molecular flexibility index (Phi) is 13.5. The van der Waals surface area contributed by atoms with Crippen LogP contribution in [0, 0.1) is 0 Å². The zero-order valence-corrected chi connectivity index (χ0v) is 7.51. The van der Waals surface area contributed by atoms with Crippen molar-refractivity contribution < 1.29 is 38.5 Å². The van der Waals surface area contributed by atoms with Gasteiger partial charge in [0.2, 0.25) is 0 Å². The molecule has 0 aliphatic carbocycles. The third-order valence-corrected chi connectivity index (χ3v) is 0. The van der Waals surface area contributed by atoms with E-state index in [1.165, 1.54) is 0 Å². The van der Waals surface area contributed by atoms with Crippen LogP contribution in [0.4, 0.5) is 0 Å². The van der Waals surface area contributed by atoms with Crippen LogP contribution in [0.1, 0.15) is 2.85 Å². The van der Waals surface area contributed by atoms with E-state index in [9.17, 15) is 0 Å². The van der Waals surface area contributed by atoms with Gasteiger partial charge >= 0.3 is 46.8 Å². The predicted octanol–water partition coefficient (Wildman–Crippen LogP) is -2.77. The van der Waals surface area contributed by atoms with E-state index in [4.69, 9.17) is 19.2 Å². The molecule has 4 N–H and O–H groups in total. The van der Waals surface area contributed by atoms with Gasteiger partial charge in [-0.15, -0.1) is 0 Å². The van der Waals surface area contributed by atoms with Gasteiger partial charge in [-0.05, 0) is 0 Å². The van der Waals surface area contributed by atoms with Crippen molar-refractivity contribution in [1.82, 2.24) is 0 Å². The molecular weight excluding hydrogens is 191 g/mol. The average molecular weight is 197 g/mol. The fourth-order valence-electron chi connectivity index (χ4n) is 0. The van der Waals surface area contributed by atoms with Crippen LogP contribution in [0.2, 0.25) is 0 Å². The summed E-state index contributed by atoms with van der Waals surface area (Å²) in [6.45, 7) is 0. The van der Waals surface area contributed by atoms with Crippen molar-refractivity contribution in [3.63, 3.8) is 0 Å². The quantitative estimate of drug-likeness (QED) is 0.317. The summed E-state index contributed by atoms with van der Waals surface area (Å²) in [5.74, 6) is 0. The zero-order chi connectivity index (χ0) is 4.50. The Labute approximate surface area is 84.6 Å². The minimum absolute atomic E-state index is 0. The van der Waals surface area contributed by atoms with E-state index in [2.05, 4.69) is 0 Å². The molecule has 0 fully saturated rings.